The van der Waals surface area contributed by atoms with Gasteiger partial charge in [0.25, 0.3) is 0 Å². The predicted octanol–water partition coefficient (Wildman–Crippen LogP) is 1.09. The first-order valence-corrected chi connectivity index (χ1v) is 8.19. The van der Waals surface area contributed by atoms with E-state index in [0.29, 0.717) is 18.8 Å². The summed E-state index contributed by atoms with van der Waals surface area (Å²) < 4.78 is 12.4. The molecule has 0 bridgehead atoms. The van der Waals surface area contributed by atoms with E-state index < -0.39 is 0 Å². The highest BCUT2D eigenvalue weighted by Crippen LogP contribution is 2.17. The van der Waals surface area contributed by atoms with E-state index in [1.807, 2.05) is 13.8 Å². The van der Waals surface area contributed by atoms with Crippen LogP contribution in [0.15, 0.2) is 4.52 Å². The van der Waals surface area contributed by atoms with E-state index in [9.17, 15) is 4.79 Å². The molecule has 1 atom stereocenters. The number of aromatic nitrogens is 4. The van der Waals surface area contributed by atoms with E-state index in [1.165, 1.54) is 0 Å². The van der Waals surface area contributed by atoms with Crippen molar-refractivity contribution in [3.63, 3.8) is 0 Å². The van der Waals surface area contributed by atoms with E-state index in [-0.39, 0.29) is 11.9 Å². The van der Waals surface area contributed by atoms with Gasteiger partial charge in [0, 0.05) is 31.7 Å². The zero-order valence-corrected chi connectivity index (χ0v) is 14.3. The summed E-state index contributed by atoms with van der Waals surface area (Å²) in [6.45, 7) is 4.93. The fraction of sp³-hybridized carbons (Fsp3) is 0.625. The van der Waals surface area contributed by atoms with E-state index >= 15 is 0 Å². The van der Waals surface area contributed by atoms with Crippen molar-refractivity contribution in [2.75, 3.05) is 7.11 Å². The normalized spacial score (nSPS) is 17.4. The number of carbonyl (C=O) groups is 1. The summed E-state index contributed by atoms with van der Waals surface area (Å²) in [7, 11) is 1.65. The highest BCUT2D eigenvalue weighted by Gasteiger charge is 2.22. The van der Waals surface area contributed by atoms with Crippen molar-refractivity contribution in [3.05, 3.63) is 28.7 Å². The Bertz CT molecular complexity index is 702. The lowest BCUT2D eigenvalue weighted by Crippen LogP contribution is -2.36. The standard InChI is InChI=1S/C16H23N5O3/c1-10-13(11(2)24-20-10)8-16(22)17-12-4-5-14-18-19-15(9-23-3)21(14)7-6-12/h12H,4-9H2,1-3H3,(H,17,22). The van der Waals surface area contributed by atoms with Crippen LogP contribution < -0.4 is 5.32 Å². The molecule has 8 heteroatoms. The average Bonchev–Trinajstić information content (AvgIpc) is 3.00. The van der Waals surface area contributed by atoms with Crippen molar-refractivity contribution in [1.29, 1.82) is 0 Å². The minimum atomic E-state index is 0.00387. The number of nitrogens with zero attached hydrogens (tertiary/aromatic N) is 4. The highest BCUT2D eigenvalue weighted by molar-refractivity contribution is 5.79. The first-order valence-electron chi connectivity index (χ1n) is 8.19. The van der Waals surface area contributed by atoms with Crippen LogP contribution in [0.5, 0.6) is 0 Å². The quantitative estimate of drug-likeness (QED) is 0.880. The third kappa shape index (κ3) is 3.48. The van der Waals surface area contributed by atoms with E-state index in [0.717, 1.165) is 48.7 Å². The van der Waals surface area contributed by atoms with Crippen LogP contribution in [0.1, 0.15) is 41.5 Å². The van der Waals surface area contributed by atoms with Gasteiger partial charge in [-0.25, -0.2) is 0 Å². The van der Waals surface area contributed by atoms with Crippen molar-refractivity contribution in [1.82, 2.24) is 25.2 Å². The van der Waals surface area contributed by atoms with Crippen molar-refractivity contribution >= 4 is 5.91 Å². The third-order valence-corrected chi connectivity index (χ3v) is 4.48. The van der Waals surface area contributed by atoms with Gasteiger partial charge in [-0.1, -0.05) is 5.16 Å². The van der Waals surface area contributed by atoms with Crippen LogP contribution in [-0.4, -0.2) is 39.0 Å². The van der Waals surface area contributed by atoms with Gasteiger partial charge in [0.15, 0.2) is 5.82 Å². The number of nitrogens with one attached hydrogen (secondary N) is 1. The van der Waals surface area contributed by atoms with Crippen LogP contribution in [0.3, 0.4) is 0 Å². The molecule has 24 heavy (non-hydrogen) atoms. The van der Waals surface area contributed by atoms with E-state index in [4.69, 9.17) is 9.26 Å². The zero-order chi connectivity index (χ0) is 17.1. The maximum atomic E-state index is 12.3. The summed E-state index contributed by atoms with van der Waals surface area (Å²) >= 11 is 0. The van der Waals surface area contributed by atoms with Crippen molar-refractivity contribution in [2.45, 2.75) is 58.7 Å². The molecule has 0 radical (unpaired) electrons. The van der Waals surface area contributed by atoms with Gasteiger partial charge in [-0.2, -0.15) is 0 Å². The molecule has 2 aromatic heterocycles. The fourth-order valence-electron chi connectivity index (χ4n) is 3.12. The van der Waals surface area contributed by atoms with Crippen molar-refractivity contribution < 1.29 is 14.1 Å². The fourth-order valence-corrected chi connectivity index (χ4v) is 3.12. The molecule has 0 spiro atoms. The lowest BCUT2D eigenvalue weighted by atomic mass is 10.1. The van der Waals surface area contributed by atoms with Crippen molar-refractivity contribution in [3.8, 4) is 0 Å². The van der Waals surface area contributed by atoms with E-state index in [2.05, 4.69) is 25.2 Å². The maximum Gasteiger partial charge on any atom is 0.224 e. The van der Waals surface area contributed by atoms with Gasteiger partial charge in [-0.05, 0) is 26.7 Å². The average molecular weight is 333 g/mol. The van der Waals surface area contributed by atoms with E-state index in [1.54, 1.807) is 7.11 Å². The third-order valence-electron chi connectivity index (χ3n) is 4.48. The Morgan fingerprint density at radius 3 is 2.92 bits per heavy atom. The molecule has 1 amide bonds. The van der Waals surface area contributed by atoms with Gasteiger partial charge >= 0.3 is 0 Å². The lowest BCUT2D eigenvalue weighted by Gasteiger charge is -2.16. The largest absolute Gasteiger partial charge is 0.377 e. The molecule has 0 aliphatic carbocycles. The lowest BCUT2D eigenvalue weighted by molar-refractivity contribution is -0.121. The topological polar surface area (TPSA) is 95.1 Å². The minimum Gasteiger partial charge on any atom is -0.377 e. The molecule has 1 aliphatic rings. The van der Waals surface area contributed by atoms with Crippen LogP contribution in [0.2, 0.25) is 0 Å². The Labute approximate surface area is 140 Å². The summed E-state index contributed by atoms with van der Waals surface area (Å²) in [6, 6.07) is 0.134. The van der Waals surface area contributed by atoms with Crippen LogP contribution in [-0.2, 0) is 35.5 Å². The minimum absolute atomic E-state index is 0.00387. The van der Waals surface area contributed by atoms with Gasteiger partial charge in [0.2, 0.25) is 5.91 Å². The van der Waals surface area contributed by atoms with Gasteiger partial charge in [-0.3, -0.25) is 4.79 Å². The maximum absolute atomic E-state index is 12.3. The summed E-state index contributed by atoms with van der Waals surface area (Å²) in [6.07, 6.45) is 2.82. The first-order chi connectivity index (χ1) is 11.6. The summed E-state index contributed by atoms with van der Waals surface area (Å²) in [5, 5.41) is 15.4. The molecule has 0 aromatic carbocycles. The number of methoxy groups -OCH3 is 1. The van der Waals surface area contributed by atoms with Crippen LogP contribution in [0.25, 0.3) is 0 Å². The number of ether oxygens (including phenoxy) is 1. The molecule has 2 aromatic rings. The monoisotopic (exact) mass is 333 g/mol. The summed E-state index contributed by atoms with van der Waals surface area (Å²) in [5.74, 6) is 2.52. The number of hydrogen-bond acceptors (Lipinski definition) is 6. The molecule has 130 valence electrons. The molecule has 8 nitrogen and oxygen atoms in total. The number of fused-ring (bicyclic) bond motifs is 1. The molecule has 1 unspecified atom stereocenters. The molecular weight excluding hydrogens is 310 g/mol. The highest BCUT2D eigenvalue weighted by atomic mass is 16.5. The number of amides is 1. The van der Waals surface area contributed by atoms with Gasteiger partial charge < -0.3 is 19.1 Å². The summed E-state index contributed by atoms with van der Waals surface area (Å²) in [4.78, 5) is 12.3. The van der Waals surface area contributed by atoms with Crippen LogP contribution >= 0.6 is 0 Å². The second-order valence-electron chi connectivity index (χ2n) is 6.19. The van der Waals surface area contributed by atoms with Crippen LogP contribution in [0, 0.1) is 13.8 Å². The zero-order valence-electron chi connectivity index (χ0n) is 14.3. The van der Waals surface area contributed by atoms with Gasteiger partial charge in [0.1, 0.15) is 18.2 Å². The number of rotatable bonds is 5. The van der Waals surface area contributed by atoms with Crippen LogP contribution in [0.4, 0.5) is 0 Å². The molecule has 3 rings (SSSR count). The number of aryl methyl sites for hydroxylation is 3. The Balaban J connectivity index is 1.58. The first kappa shape index (κ1) is 16.6. The van der Waals surface area contributed by atoms with Gasteiger partial charge in [0.05, 0.1) is 12.1 Å². The Kier molecular flexibility index (Phi) is 4.94. The number of carbonyl (C=O) groups excluding carboxylic acids is 1. The Morgan fingerprint density at radius 1 is 1.38 bits per heavy atom. The summed E-state index contributed by atoms with van der Waals surface area (Å²) in [5.41, 5.74) is 1.65. The molecule has 0 fully saturated rings. The molecule has 1 N–H and O–H groups in total. The molecule has 3 heterocycles. The van der Waals surface area contributed by atoms with Gasteiger partial charge in [-0.15, -0.1) is 10.2 Å². The molecule has 0 saturated carbocycles. The Hall–Kier alpha value is -2.22. The second kappa shape index (κ2) is 7.12. The SMILES string of the molecule is COCc1nnc2n1CCC(NC(=O)Cc1c(C)noc1C)CC2. The molecule has 1 aliphatic heterocycles. The number of hydrogen-bond donors (Lipinski definition) is 1. The van der Waals surface area contributed by atoms with Crippen molar-refractivity contribution in [2.24, 2.45) is 0 Å². The molecule has 0 saturated heterocycles. The smallest absolute Gasteiger partial charge is 0.224 e. The second-order valence-corrected chi connectivity index (χ2v) is 6.19. The molecular formula is C16H23N5O3. The Morgan fingerprint density at radius 2 is 2.21 bits per heavy atom. The predicted molar refractivity (Wildman–Crippen MR) is 85.3 cm³/mol.